The molecule has 1 unspecified atom stereocenters. The van der Waals surface area contributed by atoms with Crippen LogP contribution >= 0.6 is 0 Å². The van der Waals surface area contributed by atoms with Crippen LogP contribution in [0.2, 0.25) is 0 Å². The molecule has 0 spiro atoms. The molecule has 0 saturated heterocycles. The zero-order valence-electron chi connectivity index (χ0n) is 11.1. The smallest absolute Gasteiger partial charge is 0.319 e. The van der Waals surface area contributed by atoms with Crippen molar-refractivity contribution in [3.05, 3.63) is 35.9 Å². The Morgan fingerprint density at radius 3 is 2.56 bits per heavy atom. The van der Waals surface area contributed by atoms with Gasteiger partial charge in [-0.15, -0.1) is 0 Å². The SMILES string of the molecule is CCN(CC(=O)OC)CC(CN)c1ccccc1. The fraction of sp³-hybridized carbons (Fsp3) is 0.500. The first-order valence-corrected chi connectivity index (χ1v) is 6.25. The summed E-state index contributed by atoms with van der Waals surface area (Å²) in [4.78, 5) is 13.3. The average molecular weight is 250 g/mol. The standard InChI is InChI=1S/C14H22N2O2/c1-3-16(11-14(17)18-2)10-13(9-15)12-7-5-4-6-8-12/h4-8,13H,3,9-11,15H2,1-2H3. The van der Waals surface area contributed by atoms with Crippen LogP contribution in [0.25, 0.3) is 0 Å². The number of rotatable bonds is 7. The second-order valence-corrected chi connectivity index (χ2v) is 4.25. The van der Waals surface area contributed by atoms with Crippen molar-refractivity contribution in [3.8, 4) is 0 Å². The molecule has 0 saturated carbocycles. The van der Waals surface area contributed by atoms with Gasteiger partial charge in [0, 0.05) is 19.0 Å². The van der Waals surface area contributed by atoms with E-state index in [2.05, 4.69) is 17.0 Å². The molecule has 0 aliphatic carbocycles. The first-order chi connectivity index (χ1) is 8.71. The van der Waals surface area contributed by atoms with Crippen molar-refractivity contribution >= 4 is 5.97 Å². The maximum absolute atomic E-state index is 11.3. The summed E-state index contributed by atoms with van der Waals surface area (Å²) in [5, 5.41) is 0. The van der Waals surface area contributed by atoms with Gasteiger partial charge in [0.15, 0.2) is 0 Å². The molecule has 4 heteroatoms. The number of nitrogens with zero attached hydrogens (tertiary/aromatic N) is 1. The lowest BCUT2D eigenvalue weighted by Gasteiger charge is -2.24. The highest BCUT2D eigenvalue weighted by Crippen LogP contribution is 2.15. The van der Waals surface area contributed by atoms with Gasteiger partial charge >= 0.3 is 5.97 Å². The molecule has 4 nitrogen and oxygen atoms in total. The first-order valence-electron chi connectivity index (χ1n) is 6.25. The lowest BCUT2D eigenvalue weighted by atomic mass is 9.98. The molecule has 0 heterocycles. The van der Waals surface area contributed by atoms with Gasteiger partial charge in [-0.25, -0.2) is 0 Å². The molecule has 1 atom stereocenters. The molecular formula is C14H22N2O2. The number of carbonyl (C=O) groups is 1. The van der Waals surface area contributed by atoms with E-state index in [-0.39, 0.29) is 11.9 Å². The predicted molar refractivity (Wildman–Crippen MR) is 72.4 cm³/mol. The Morgan fingerprint density at radius 2 is 2.06 bits per heavy atom. The molecule has 0 amide bonds. The van der Waals surface area contributed by atoms with Crippen molar-refractivity contribution in [3.63, 3.8) is 0 Å². The molecule has 0 fully saturated rings. The van der Waals surface area contributed by atoms with Crippen LogP contribution in [0, 0.1) is 0 Å². The molecule has 1 aromatic rings. The summed E-state index contributed by atoms with van der Waals surface area (Å²) in [5.74, 6) is 0.0384. The van der Waals surface area contributed by atoms with E-state index in [1.165, 1.54) is 12.7 Å². The second kappa shape index (κ2) is 7.84. The quantitative estimate of drug-likeness (QED) is 0.739. The van der Waals surface area contributed by atoms with E-state index >= 15 is 0 Å². The van der Waals surface area contributed by atoms with Gasteiger partial charge in [-0.1, -0.05) is 37.3 Å². The summed E-state index contributed by atoms with van der Waals surface area (Å²) in [6.45, 7) is 4.49. The number of ether oxygens (including phenoxy) is 1. The Kier molecular flexibility index (Phi) is 6.39. The van der Waals surface area contributed by atoms with Crippen molar-refractivity contribution in [2.24, 2.45) is 5.73 Å². The molecule has 0 aliphatic heterocycles. The Balaban J connectivity index is 2.63. The van der Waals surface area contributed by atoms with Gasteiger partial charge in [0.2, 0.25) is 0 Å². The highest BCUT2D eigenvalue weighted by atomic mass is 16.5. The van der Waals surface area contributed by atoms with Gasteiger partial charge in [0.1, 0.15) is 0 Å². The highest BCUT2D eigenvalue weighted by molar-refractivity contribution is 5.71. The van der Waals surface area contributed by atoms with Gasteiger partial charge < -0.3 is 10.5 Å². The van der Waals surface area contributed by atoms with Crippen LogP contribution in [0.15, 0.2) is 30.3 Å². The molecule has 0 aromatic heterocycles. The fourth-order valence-corrected chi connectivity index (χ4v) is 1.91. The Morgan fingerprint density at radius 1 is 1.39 bits per heavy atom. The number of nitrogens with two attached hydrogens (primary N) is 1. The third kappa shape index (κ3) is 4.47. The molecule has 0 radical (unpaired) electrons. The Bertz CT molecular complexity index is 354. The topological polar surface area (TPSA) is 55.6 Å². The van der Waals surface area contributed by atoms with Crippen molar-refractivity contribution < 1.29 is 9.53 Å². The second-order valence-electron chi connectivity index (χ2n) is 4.25. The van der Waals surface area contributed by atoms with Gasteiger partial charge in [0.05, 0.1) is 13.7 Å². The van der Waals surface area contributed by atoms with E-state index in [4.69, 9.17) is 10.5 Å². The molecule has 1 aromatic carbocycles. The van der Waals surface area contributed by atoms with Crippen LogP contribution in [0.4, 0.5) is 0 Å². The lowest BCUT2D eigenvalue weighted by molar-refractivity contribution is -0.141. The predicted octanol–water partition coefficient (Wildman–Crippen LogP) is 1.22. The average Bonchev–Trinajstić information content (AvgIpc) is 2.43. The molecule has 100 valence electrons. The zero-order chi connectivity index (χ0) is 13.4. The Hall–Kier alpha value is -1.39. The third-order valence-electron chi connectivity index (χ3n) is 3.06. The van der Waals surface area contributed by atoms with Gasteiger partial charge in [0.25, 0.3) is 0 Å². The number of hydrogen-bond acceptors (Lipinski definition) is 4. The highest BCUT2D eigenvalue weighted by Gasteiger charge is 2.16. The molecule has 0 bridgehead atoms. The minimum Gasteiger partial charge on any atom is -0.468 e. The minimum atomic E-state index is -0.208. The number of carbonyl (C=O) groups excluding carboxylic acids is 1. The van der Waals surface area contributed by atoms with E-state index < -0.39 is 0 Å². The van der Waals surface area contributed by atoms with Crippen LogP contribution in [0.1, 0.15) is 18.4 Å². The van der Waals surface area contributed by atoms with E-state index in [1.807, 2.05) is 25.1 Å². The van der Waals surface area contributed by atoms with Crippen LogP contribution < -0.4 is 5.73 Å². The maximum Gasteiger partial charge on any atom is 0.319 e. The van der Waals surface area contributed by atoms with E-state index in [9.17, 15) is 4.79 Å². The van der Waals surface area contributed by atoms with E-state index in [0.717, 1.165) is 13.1 Å². The molecule has 2 N–H and O–H groups in total. The van der Waals surface area contributed by atoms with E-state index in [0.29, 0.717) is 13.1 Å². The number of methoxy groups -OCH3 is 1. The molecule has 18 heavy (non-hydrogen) atoms. The maximum atomic E-state index is 11.3. The third-order valence-corrected chi connectivity index (χ3v) is 3.06. The van der Waals surface area contributed by atoms with Gasteiger partial charge in [-0.2, -0.15) is 0 Å². The lowest BCUT2D eigenvalue weighted by Crippen LogP contribution is -2.36. The van der Waals surface area contributed by atoms with Crippen molar-refractivity contribution in [1.29, 1.82) is 0 Å². The van der Waals surface area contributed by atoms with Crippen molar-refractivity contribution in [1.82, 2.24) is 4.90 Å². The van der Waals surface area contributed by atoms with Crippen LogP contribution in [-0.2, 0) is 9.53 Å². The van der Waals surface area contributed by atoms with Crippen LogP contribution in [0.3, 0.4) is 0 Å². The number of benzene rings is 1. The summed E-state index contributed by atoms with van der Waals surface area (Å²) in [5.41, 5.74) is 7.04. The first kappa shape index (κ1) is 14.7. The molecule has 1 rings (SSSR count). The summed E-state index contributed by atoms with van der Waals surface area (Å²) in [6, 6.07) is 10.2. The van der Waals surface area contributed by atoms with Gasteiger partial charge in [-0.3, -0.25) is 9.69 Å². The van der Waals surface area contributed by atoms with Crippen molar-refractivity contribution in [2.75, 3.05) is 33.3 Å². The van der Waals surface area contributed by atoms with Crippen LogP contribution in [0.5, 0.6) is 0 Å². The summed E-state index contributed by atoms with van der Waals surface area (Å²) in [6.07, 6.45) is 0. The summed E-state index contributed by atoms with van der Waals surface area (Å²) < 4.78 is 4.69. The van der Waals surface area contributed by atoms with Crippen LogP contribution in [-0.4, -0.2) is 44.2 Å². The Labute approximate surface area is 109 Å². The van der Waals surface area contributed by atoms with Gasteiger partial charge in [-0.05, 0) is 12.1 Å². The number of hydrogen-bond donors (Lipinski definition) is 1. The minimum absolute atomic E-state index is 0.208. The fourth-order valence-electron chi connectivity index (χ4n) is 1.91. The number of likely N-dealkylation sites (N-methyl/N-ethyl adjacent to an activating group) is 1. The largest absolute Gasteiger partial charge is 0.468 e. The molecule has 0 aliphatic rings. The number of esters is 1. The summed E-state index contributed by atoms with van der Waals surface area (Å²) in [7, 11) is 1.41. The normalized spacial score (nSPS) is 12.4. The van der Waals surface area contributed by atoms with Crippen molar-refractivity contribution in [2.45, 2.75) is 12.8 Å². The van der Waals surface area contributed by atoms with E-state index in [1.54, 1.807) is 0 Å². The zero-order valence-corrected chi connectivity index (χ0v) is 11.1. The molecular weight excluding hydrogens is 228 g/mol. The monoisotopic (exact) mass is 250 g/mol. The summed E-state index contributed by atoms with van der Waals surface area (Å²) >= 11 is 0.